The molecule has 2 amide bonds. The minimum absolute atomic E-state index is 0.0937. The zero-order chi connectivity index (χ0) is 21.8. The Labute approximate surface area is 177 Å². The van der Waals surface area contributed by atoms with Gasteiger partial charge < -0.3 is 30.0 Å². The standard InChI is InChI=1S/C20H34N2O6S/c1-19(2,3)8-7-13-14(23)15(28-20(4,5)27-13)16(26-6)18(25)22-12-11-29-10-9-21-17(12)24/h7-8,12-16,23H,9-11H2,1-6H3,(H,21,24)(H,22,25)/t12?,13-,14-,15-,16-/m1/s1. The summed E-state index contributed by atoms with van der Waals surface area (Å²) >= 11 is 1.59. The summed E-state index contributed by atoms with van der Waals surface area (Å²) in [5, 5.41) is 16.4. The summed E-state index contributed by atoms with van der Waals surface area (Å²) in [6, 6.07) is -0.658. The molecule has 2 aliphatic rings. The second-order valence-electron chi connectivity index (χ2n) is 8.86. The largest absolute Gasteiger partial charge is 0.387 e. The van der Waals surface area contributed by atoms with Gasteiger partial charge in [-0.1, -0.05) is 32.9 Å². The van der Waals surface area contributed by atoms with Crippen molar-refractivity contribution < 1.29 is 28.9 Å². The van der Waals surface area contributed by atoms with Crippen LogP contribution in [0, 0.1) is 5.41 Å². The highest BCUT2D eigenvalue weighted by Crippen LogP contribution is 2.31. The Balaban J connectivity index is 2.17. The molecule has 2 rings (SSSR count). The van der Waals surface area contributed by atoms with E-state index >= 15 is 0 Å². The van der Waals surface area contributed by atoms with Crippen molar-refractivity contribution in [1.82, 2.24) is 10.6 Å². The Bertz CT molecular complexity index is 619. The molecule has 0 bridgehead atoms. The van der Waals surface area contributed by atoms with Crippen molar-refractivity contribution in [2.24, 2.45) is 5.41 Å². The molecule has 9 heteroatoms. The topological polar surface area (TPSA) is 106 Å². The van der Waals surface area contributed by atoms with E-state index in [0.29, 0.717) is 12.3 Å². The fourth-order valence-corrected chi connectivity index (χ4v) is 4.07. The van der Waals surface area contributed by atoms with E-state index in [1.807, 2.05) is 26.8 Å². The number of hydrogen-bond acceptors (Lipinski definition) is 7. The van der Waals surface area contributed by atoms with Gasteiger partial charge in [-0.2, -0.15) is 11.8 Å². The first kappa shape index (κ1) is 24.1. The van der Waals surface area contributed by atoms with Gasteiger partial charge in [0.2, 0.25) is 5.91 Å². The zero-order valence-corrected chi connectivity index (χ0v) is 18.9. The minimum atomic E-state index is -1.12. The Hall–Kier alpha value is -1.13. The number of aliphatic hydroxyl groups is 1. The molecule has 0 radical (unpaired) electrons. The van der Waals surface area contributed by atoms with E-state index in [9.17, 15) is 14.7 Å². The fourth-order valence-electron chi connectivity index (χ4n) is 3.19. The molecule has 8 nitrogen and oxygen atoms in total. The third kappa shape index (κ3) is 6.96. The molecule has 0 spiro atoms. The van der Waals surface area contributed by atoms with Crippen LogP contribution in [0.2, 0.25) is 0 Å². The van der Waals surface area contributed by atoms with Gasteiger partial charge in [0.25, 0.3) is 5.91 Å². The number of carbonyl (C=O) groups is 2. The molecule has 2 aliphatic heterocycles. The van der Waals surface area contributed by atoms with Crippen molar-refractivity contribution in [1.29, 1.82) is 0 Å². The molecule has 0 aromatic heterocycles. The number of hydrogen-bond donors (Lipinski definition) is 3. The van der Waals surface area contributed by atoms with Crippen LogP contribution >= 0.6 is 11.8 Å². The first-order valence-corrected chi connectivity index (χ1v) is 11.0. The summed E-state index contributed by atoms with van der Waals surface area (Å²) in [5.41, 5.74) is -0.0937. The molecule has 0 aromatic carbocycles. The molecule has 2 saturated heterocycles. The Morgan fingerprint density at radius 2 is 2.10 bits per heavy atom. The molecule has 2 fully saturated rings. The van der Waals surface area contributed by atoms with E-state index in [0.717, 1.165) is 5.75 Å². The van der Waals surface area contributed by atoms with E-state index in [1.54, 1.807) is 31.7 Å². The van der Waals surface area contributed by atoms with Gasteiger partial charge in [0.1, 0.15) is 24.4 Å². The summed E-state index contributed by atoms with van der Waals surface area (Å²) < 4.78 is 17.1. The van der Waals surface area contributed by atoms with E-state index < -0.39 is 42.2 Å². The Morgan fingerprint density at radius 1 is 1.41 bits per heavy atom. The summed E-state index contributed by atoms with van der Waals surface area (Å²) in [4.78, 5) is 25.1. The van der Waals surface area contributed by atoms with Crippen LogP contribution in [0.1, 0.15) is 34.6 Å². The molecule has 1 unspecified atom stereocenters. The highest BCUT2D eigenvalue weighted by atomic mass is 32.2. The van der Waals surface area contributed by atoms with E-state index in [2.05, 4.69) is 10.6 Å². The van der Waals surface area contributed by atoms with Gasteiger partial charge >= 0.3 is 0 Å². The van der Waals surface area contributed by atoms with Crippen LogP contribution in [0.3, 0.4) is 0 Å². The van der Waals surface area contributed by atoms with Crippen molar-refractivity contribution in [2.45, 2.75) is 70.9 Å². The predicted octanol–water partition coefficient (Wildman–Crippen LogP) is 0.833. The Kier molecular flexibility index (Phi) is 8.15. The maximum atomic E-state index is 12.9. The predicted molar refractivity (Wildman–Crippen MR) is 111 cm³/mol. The van der Waals surface area contributed by atoms with Gasteiger partial charge in [0.05, 0.1) is 0 Å². The monoisotopic (exact) mass is 430 g/mol. The van der Waals surface area contributed by atoms with E-state index in [1.165, 1.54) is 7.11 Å². The lowest BCUT2D eigenvalue weighted by molar-refractivity contribution is -0.334. The highest BCUT2D eigenvalue weighted by molar-refractivity contribution is 7.99. The average Bonchev–Trinajstić information content (AvgIpc) is 2.80. The summed E-state index contributed by atoms with van der Waals surface area (Å²) in [6.07, 6.45) is -0.0876. The first-order valence-electron chi connectivity index (χ1n) is 9.85. The molecule has 29 heavy (non-hydrogen) atoms. The van der Waals surface area contributed by atoms with Crippen LogP contribution in [-0.4, -0.2) is 78.3 Å². The smallest absolute Gasteiger partial charge is 0.252 e. The fraction of sp³-hybridized carbons (Fsp3) is 0.800. The number of methoxy groups -OCH3 is 1. The minimum Gasteiger partial charge on any atom is -0.387 e. The van der Waals surface area contributed by atoms with Crippen molar-refractivity contribution in [3.05, 3.63) is 12.2 Å². The van der Waals surface area contributed by atoms with E-state index in [4.69, 9.17) is 14.2 Å². The molecule has 5 atom stereocenters. The molecule has 0 aromatic rings. The van der Waals surface area contributed by atoms with Crippen LogP contribution in [-0.2, 0) is 23.8 Å². The van der Waals surface area contributed by atoms with Gasteiger partial charge in [-0.3, -0.25) is 9.59 Å². The van der Waals surface area contributed by atoms with Gasteiger partial charge in [0.15, 0.2) is 11.9 Å². The summed E-state index contributed by atoms with van der Waals surface area (Å²) in [7, 11) is 1.38. The SMILES string of the molecule is CO[C@@H](C(=O)NC1CSCCNC1=O)[C@@H]1OC(C)(C)O[C@H](C=CC(C)(C)C)[C@H]1O. The second kappa shape index (κ2) is 9.78. The van der Waals surface area contributed by atoms with Crippen LogP contribution in [0.4, 0.5) is 0 Å². The number of aliphatic hydroxyl groups excluding tert-OH is 1. The third-order valence-electron chi connectivity index (χ3n) is 4.57. The van der Waals surface area contributed by atoms with Crippen LogP contribution in [0.25, 0.3) is 0 Å². The molecule has 2 heterocycles. The molecule has 166 valence electrons. The second-order valence-corrected chi connectivity index (χ2v) is 10.0. The first-order chi connectivity index (χ1) is 13.4. The lowest BCUT2D eigenvalue weighted by Crippen LogP contribution is -2.62. The average molecular weight is 431 g/mol. The van der Waals surface area contributed by atoms with Crippen LogP contribution < -0.4 is 10.6 Å². The Morgan fingerprint density at radius 3 is 2.72 bits per heavy atom. The summed E-state index contributed by atoms with van der Waals surface area (Å²) in [6.45, 7) is 10.1. The molecule has 3 N–H and O–H groups in total. The number of rotatable bonds is 5. The highest BCUT2D eigenvalue weighted by Gasteiger charge is 2.47. The maximum Gasteiger partial charge on any atom is 0.252 e. The van der Waals surface area contributed by atoms with Crippen LogP contribution in [0.5, 0.6) is 0 Å². The molecular formula is C20H34N2O6S. The number of ether oxygens (including phenoxy) is 3. The van der Waals surface area contributed by atoms with E-state index in [-0.39, 0.29) is 11.3 Å². The van der Waals surface area contributed by atoms with Gasteiger partial charge in [-0.05, 0) is 19.3 Å². The quantitative estimate of drug-likeness (QED) is 0.555. The normalized spacial score (nSPS) is 31.8. The molecule has 0 saturated carbocycles. The number of allylic oxidation sites excluding steroid dienone is 1. The number of nitrogens with one attached hydrogen (secondary N) is 2. The third-order valence-corrected chi connectivity index (χ3v) is 5.63. The van der Waals surface area contributed by atoms with Crippen molar-refractivity contribution in [2.75, 3.05) is 25.2 Å². The lowest BCUT2D eigenvalue weighted by atomic mass is 9.93. The van der Waals surface area contributed by atoms with Gasteiger partial charge in [-0.15, -0.1) is 0 Å². The lowest BCUT2D eigenvalue weighted by Gasteiger charge is -2.45. The zero-order valence-electron chi connectivity index (χ0n) is 18.1. The summed E-state index contributed by atoms with van der Waals surface area (Å²) in [5.74, 6) is -0.478. The maximum absolute atomic E-state index is 12.9. The number of carbonyl (C=O) groups excluding carboxylic acids is 2. The van der Waals surface area contributed by atoms with Crippen LogP contribution in [0.15, 0.2) is 12.2 Å². The van der Waals surface area contributed by atoms with Gasteiger partial charge in [-0.25, -0.2) is 0 Å². The number of thioether (sulfide) groups is 1. The molecular weight excluding hydrogens is 396 g/mol. The van der Waals surface area contributed by atoms with Crippen molar-refractivity contribution in [3.63, 3.8) is 0 Å². The van der Waals surface area contributed by atoms with Crippen molar-refractivity contribution in [3.8, 4) is 0 Å². The molecule has 0 aliphatic carbocycles. The number of amides is 2. The van der Waals surface area contributed by atoms with Crippen molar-refractivity contribution >= 4 is 23.6 Å². The van der Waals surface area contributed by atoms with Gasteiger partial charge in [0, 0.05) is 25.2 Å².